The Labute approximate surface area is 168 Å². The van der Waals surface area contributed by atoms with E-state index in [2.05, 4.69) is 10.6 Å². The number of anilines is 1. The van der Waals surface area contributed by atoms with Crippen LogP contribution in [0.5, 0.6) is 0 Å². The van der Waals surface area contributed by atoms with Crippen LogP contribution in [0.2, 0.25) is 10.0 Å². The molecule has 0 bridgehead atoms. The highest BCUT2D eigenvalue weighted by molar-refractivity contribution is 6.36. The summed E-state index contributed by atoms with van der Waals surface area (Å²) < 4.78 is 5.14. The maximum Gasteiger partial charge on any atom is 0.308 e. The number of hydrogen-bond donors (Lipinski definition) is 2. The van der Waals surface area contributed by atoms with Crippen molar-refractivity contribution < 1.29 is 19.1 Å². The molecule has 1 saturated heterocycles. The number of carbonyl (C=O) groups is 3. The van der Waals surface area contributed by atoms with Crippen molar-refractivity contribution in [3.05, 3.63) is 28.2 Å². The predicted molar refractivity (Wildman–Crippen MR) is 104 cm³/mol. The fourth-order valence-electron chi connectivity index (χ4n) is 2.60. The molecule has 2 rings (SSSR count). The molecule has 0 aliphatic carbocycles. The van der Waals surface area contributed by atoms with Crippen LogP contribution in [0, 0.1) is 5.92 Å². The first-order chi connectivity index (χ1) is 12.8. The Morgan fingerprint density at radius 2 is 2.11 bits per heavy atom. The summed E-state index contributed by atoms with van der Waals surface area (Å²) >= 11 is 11.9. The third-order valence-electron chi connectivity index (χ3n) is 3.95. The van der Waals surface area contributed by atoms with E-state index in [-0.39, 0.29) is 37.3 Å². The van der Waals surface area contributed by atoms with Gasteiger partial charge in [0.1, 0.15) is 6.04 Å². The molecular weight excluding hydrogens is 393 g/mol. The number of amides is 2. The first-order valence-corrected chi connectivity index (χ1v) is 9.45. The van der Waals surface area contributed by atoms with E-state index in [1.54, 1.807) is 18.2 Å². The van der Waals surface area contributed by atoms with E-state index >= 15 is 0 Å². The molecule has 1 fully saturated rings. The van der Waals surface area contributed by atoms with Crippen molar-refractivity contribution in [2.45, 2.75) is 26.3 Å². The van der Waals surface area contributed by atoms with Gasteiger partial charge in [0.05, 0.1) is 30.3 Å². The standard InChI is InChI=1S/C18H23Cl2N3O4/c1-11(2)10-27-17(25)8-15-18(26)21-5-6-23(15)16(24)9-22-14-4-3-12(19)7-13(14)20/h3-4,7,11,15,22H,5-6,8-10H2,1-2H3,(H,21,26). The molecule has 27 heavy (non-hydrogen) atoms. The molecule has 2 amide bonds. The molecule has 1 aromatic rings. The SMILES string of the molecule is CC(C)COC(=O)CC1C(=O)NCCN1C(=O)CNc1ccc(Cl)cc1Cl. The van der Waals surface area contributed by atoms with Gasteiger partial charge in [0, 0.05) is 18.1 Å². The molecule has 1 aliphatic rings. The Morgan fingerprint density at radius 1 is 1.37 bits per heavy atom. The molecule has 1 atom stereocenters. The number of hydrogen-bond acceptors (Lipinski definition) is 5. The fraction of sp³-hybridized carbons (Fsp3) is 0.500. The second-order valence-electron chi connectivity index (χ2n) is 6.65. The van der Waals surface area contributed by atoms with Gasteiger partial charge in [-0.2, -0.15) is 0 Å². The van der Waals surface area contributed by atoms with Crippen LogP contribution in [0.3, 0.4) is 0 Å². The van der Waals surface area contributed by atoms with E-state index < -0.39 is 12.0 Å². The number of benzene rings is 1. The number of ether oxygens (including phenoxy) is 1. The lowest BCUT2D eigenvalue weighted by atomic mass is 10.1. The monoisotopic (exact) mass is 415 g/mol. The summed E-state index contributed by atoms with van der Waals surface area (Å²) in [7, 11) is 0. The van der Waals surface area contributed by atoms with Gasteiger partial charge < -0.3 is 20.3 Å². The van der Waals surface area contributed by atoms with E-state index in [0.717, 1.165) is 0 Å². The zero-order valence-electron chi connectivity index (χ0n) is 15.3. The van der Waals surface area contributed by atoms with Crippen LogP contribution in [0.15, 0.2) is 18.2 Å². The smallest absolute Gasteiger partial charge is 0.308 e. The Morgan fingerprint density at radius 3 is 2.78 bits per heavy atom. The molecule has 148 valence electrons. The van der Waals surface area contributed by atoms with Crippen LogP contribution < -0.4 is 10.6 Å². The summed E-state index contributed by atoms with van der Waals surface area (Å²) in [5.74, 6) is -0.976. The van der Waals surface area contributed by atoms with Crippen molar-refractivity contribution >= 4 is 46.7 Å². The van der Waals surface area contributed by atoms with E-state index in [9.17, 15) is 14.4 Å². The van der Waals surface area contributed by atoms with Crippen LogP contribution in [0.25, 0.3) is 0 Å². The van der Waals surface area contributed by atoms with Crippen molar-refractivity contribution in [1.82, 2.24) is 10.2 Å². The molecule has 0 saturated carbocycles. The van der Waals surface area contributed by atoms with E-state index in [0.29, 0.717) is 28.8 Å². The van der Waals surface area contributed by atoms with Crippen molar-refractivity contribution in [3.8, 4) is 0 Å². The minimum Gasteiger partial charge on any atom is -0.465 e. The molecule has 9 heteroatoms. The van der Waals surface area contributed by atoms with Gasteiger partial charge in [-0.15, -0.1) is 0 Å². The molecule has 0 radical (unpaired) electrons. The summed E-state index contributed by atoms with van der Waals surface area (Å²) in [5.41, 5.74) is 0.559. The Kier molecular flexibility index (Phi) is 7.74. The van der Waals surface area contributed by atoms with Gasteiger partial charge in [-0.1, -0.05) is 37.0 Å². The van der Waals surface area contributed by atoms with Gasteiger partial charge in [0.15, 0.2) is 0 Å². The molecule has 1 unspecified atom stereocenters. The Balaban J connectivity index is 1.98. The lowest BCUT2D eigenvalue weighted by Gasteiger charge is -2.34. The van der Waals surface area contributed by atoms with Crippen molar-refractivity contribution in [3.63, 3.8) is 0 Å². The van der Waals surface area contributed by atoms with Gasteiger partial charge in [-0.05, 0) is 24.1 Å². The van der Waals surface area contributed by atoms with Crippen LogP contribution >= 0.6 is 23.2 Å². The second-order valence-corrected chi connectivity index (χ2v) is 7.50. The second kappa shape index (κ2) is 9.80. The van der Waals surface area contributed by atoms with Gasteiger partial charge in [-0.3, -0.25) is 14.4 Å². The lowest BCUT2D eigenvalue weighted by Crippen LogP contribution is -2.58. The number of nitrogens with zero attached hydrogens (tertiary/aromatic N) is 1. The molecule has 7 nitrogen and oxygen atoms in total. The van der Waals surface area contributed by atoms with E-state index in [1.807, 2.05) is 13.8 Å². The van der Waals surface area contributed by atoms with Crippen LogP contribution in [0.4, 0.5) is 5.69 Å². The fourth-order valence-corrected chi connectivity index (χ4v) is 3.07. The van der Waals surface area contributed by atoms with Crippen LogP contribution in [-0.4, -0.2) is 55.0 Å². The zero-order valence-corrected chi connectivity index (χ0v) is 16.8. The van der Waals surface area contributed by atoms with Gasteiger partial charge in [0.25, 0.3) is 0 Å². The maximum absolute atomic E-state index is 12.6. The van der Waals surface area contributed by atoms with Gasteiger partial charge in [-0.25, -0.2) is 0 Å². The molecule has 0 aromatic heterocycles. The minimum absolute atomic E-state index is 0.0633. The van der Waals surface area contributed by atoms with Crippen LogP contribution in [0.1, 0.15) is 20.3 Å². The normalized spacial score (nSPS) is 16.9. The van der Waals surface area contributed by atoms with Crippen molar-refractivity contribution in [1.29, 1.82) is 0 Å². The number of nitrogens with one attached hydrogen (secondary N) is 2. The molecule has 1 aromatic carbocycles. The van der Waals surface area contributed by atoms with E-state index in [1.165, 1.54) is 4.90 Å². The Bertz CT molecular complexity index is 712. The van der Waals surface area contributed by atoms with Crippen LogP contribution in [-0.2, 0) is 19.1 Å². The zero-order chi connectivity index (χ0) is 20.0. The number of esters is 1. The highest BCUT2D eigenvalue weighted by atomic mass is 35.5. The van der Waals surface area contributed by atoms with Crippen molar-refractivity contribution in [2.24, 2.45) is 5.92 Å². The summed E-state index contributed by atoms with van der Waals surface area (Å²) in [6, 6.07) is 4.01. The number of piperazine rings is 1. The molecule has 0 spiro atoms. The van der Waals surface area contributed by atoms with Gasteiger partial charge >= 0.3 is 5.97 Å². The molecule has 1 aliphatic heterocycles. The number of carbonyl (C=O) groups excluding carboxylic acids is 3. The van der Waals surface area contributed by atoms with Crippen molar-refractivity contribution in [2.75, 3.05) is 31.6 Å². The summed E-state index contributed by atoms with van der Waals surface area (Å²) in [5, 5.41) is 6.50. The topological polar surface area (TPSA) is 87.7 Å². The highest BCUT2D eigenvalue weighted by Crippen LogP contribution is 2.25. The predicted octanol–water partition coefficient (Wildman–Crippen LogP) is 2.32. The highest BCUT2D eigenvalue weighted by Gasteiger charge is 2.35. The average molecular weight is 416 g/mol. The lowest BCUT2D eigenvalue weighted by molar-refractivity contribution is -0.152. The Hall–Kier alpha value is -1.99. The minimum atomic E-state index is -0.881. The number of rotatable bonds is 7. The molecular formula is C18H23Cl2N3O4. The average Bonchev–Trinajstić information content (AvgIpc) is 2.60. The first-order valence-electron chi connectivity index (χ1n) is 8.69. The molecule has 2 N–H and O–H groups in total. The number of halogens is 2. The third-order valence-corrected chi connectivity index (χ3v) is 4.50. The summed E-state index contributed by atoms with van der Waals surface area (Å²) in [6.07, 6.45) is -0.175. The molecule has 1 heterocycles. The van der Waals surface area contributed by atoms with E-state index in [4.69, 9.17) is 27.9 Å². The summed E-state index contributed by atoms with van der Waals surface area (Å²) in [4.78, 5) is 38.2. The maximum atomic E-state index is 12.6. The quantitative estimate of drug-likeness (QED) is 0.667. The first kappa shape index (κ1) is 21.3. The summed E-state index contributed by atoms with van der Waals surface area (Å²) in [6.45, 7) is 4.71. The largest absolute Gasteiger partial charge is 0.465 e. The third kappa shape index (κ3) is 6.29. The van der Waals surface area contributed by atoms with Gasteiger partial charge in [0.2, 0.25) is 11.8 Å².